The zero-order valence-electron chi connectivity index (χ0n) is 13.9. The fraction of sp³-hybridized carbons (Fsp3) is 0.375. The van der Waals surface area contributed by atoms with Gasteiger partial charge in [-0.15, -0.1) is 0 Å². The van der Waals surface area contributed by atoms with Crippen molar-refractivity contribution in [3.8, 4) is 11.5 Å². The average Bonchev–Trinajstić information content (AvgIpc) is 2.98. The van der Waals surface area contributed by atoms with E-state index in [1.54, 1.807) is 12.1 Å². The fourth-order valence-electron chi connectivity index (χ4n) is 2.24. The summed E-state index contributed by atoms with van der Waals surface area (Å²) in [5, 5.41) is 15.6. The number of nitrogens with two attached hydrogens (primary N) is 1. The second-order valence-corrected chi connectivity index (χ2v) is 5.24. The van der Waals surface area contributed by atoms with Gasteiger partial charge in [0.15, 0.2) is 11.6 Å². The van der Waals surface area contributed by atoms with Gasteiger partial charge in [0.05, 0.1) is 19.4 Å². The molecule has 0 unspecified atom stereocenters. The van der Waals surface area contributed by atoms with E-state index < -0.39 is 0 Å². The zero-order chi connectivity index (χ0) is 17.5. The fourth-order valence-corrected chi connectivity index (χ4v) is 2.24. The van der Waals surface area contributed by atoms with Crippen LogP contribution in [-0.4, -0.2) is 29.9 Å². The number of ether oxygens (including phenoxy) is 1. The lowest BCUT2D eigenvalue weighted by Crippen LogP contribution is -2.14. The number of aromatic nitrogens is 1. The third-order valence-electron chi connectivity index (χ3n) is 3.31. The van der Waals surface area contributed by atoms with Gasteiger partial charge in [-0.3, -0.25) is 0 Å². The Morgan fingerprint density at radius 1 is 1.33 bits per heavy atom. The van der Waals surface area contributed by atoms with Crippen molar-refractivity contribution in [1.82, 2.24) is 5.16 Å². The number of nitrogens with zero attached hydrogens (tertiary/aromatic N) is 2. The minimum Gasteiger partial charge on any atom is -0.489 e. The van der Waals surface area contributed by atoms with Crippen LogP contribution in [0.4, 0.5) is 0 Å². The highest BCUT2D eigenvalue weighted by atomic mass is 17.2. The molecule has 0 aliphatic heterocycles. The molecule has 8 nitrogen and oxygen atoms in total. The van der Waals surface area contributed by atoms with Crippen LogP contribution in [0, 0.1) is 13.8 Å². The van der Waals surface area contributed by atoms with E-state index in [-0.39, 0.29) is 5.84 Å². The largest absolute Gasteiger partial charge is 0.489 e. The van der Waals surface area contributed by atoms with Gasteiger partial charge in [-0.25, -0.2) is 0 Å². The molecular formula is C16H21N3O5. The van der Waals surface area contributed by atoms with Crippen LogP contribution in [0.15, 0.2) is 27.9 Å². The van der Waals surface area contributed by atoms with Gasteiger partial charge in [-0.05, 0) is 38.0 Å². The third kappa shape index (κ3) is 4.39. The van der Waals surface area contributed by atoms with E-state index in [9.17, 15) is 0 Å². The molecule has 0 atom stereocenters. The Labute approximate surface area is 139 Å². The van der Waals surface area contributed by atoms with Crippen LogP contribution in [0.5, 0.6) is 11.5 Å². The van der Waals surface area contributed by atoms with Gasteiger partial charge in [-0.2, -0.15) is 4.89 Å². The van der Waals surface area contributed by atoms with E-state index in [2.05, 4.69) is 10.3 Å². The molecular weight excluding hydrogens is 314 g/mol. The van der Waals surface area contributed by atoms with Crippen LogP contribution in [0.1, 0.15) is 29.0 Å². The van der Waals surface area contributed by atoms with Crippen LogP contribution in [0.3, 0.4) is 0 Å². The zero-order valence-corrected chi connectivity index (χ0v) is 13.9. The Hall–Kier alpha value is -2.74. The minimum atomic E-state index is -0.0220. The van der Waals surface area contributed by atoms with E-state index in [0.29, 0.717) is 23.7 Å². The number of benzene rings is 1. The van der Waals surface area contributed by atoms with Crippen LogP contribution >= 0.6 is 0 Å². The van der Waals surface area contributed by atoms with Crippen molar-refractivity contribution in [2.24, 2.45) is 10.9 Å². The molecule has 0 fully saturated rings. The van der Waals surface area contributed by atoms with Crippen LogP contribution in [-0.2, 0) is 11.3 Å². The number of hydrogen-bond donors (Lipinski definition) is 2. The molecule has 1 heterocycles. The molecule has 1 aromatic carbocycles. The lowest BCUT2D eigenvalue weighted by atomic mass is 10.1. The predicted molar refractivity (Wildman–Crippen MR) is 86.4 cm³/mol. The quantitative estimate of drug-likeness (QED) is 0.190. The maximum Gasteiger partial charge on any atom is 0.208 e. The topological polar surface area (TPSA) is 112 Å². The summed E-state index contributed by atoms with van der Waals surface area (Å²) in [6.45, 7) is 4.18. The summed E-state index contributed by atoms with van der Waals surface area (Å²) < 4.78 is 11.0. The Kier molecular flexibility index (Phi) is 6.02. The number of aryl methyl sites for hydroxylation is 3. The SMILES string of the molecule is COOc1cc(/C(N)=N/O)cc(C)c1OCCCc1cc(C)no1. The van der Waals surface area contributed by atoms with Crippen molar-refractivity contribution in [1.29, 1.82) is 0 Å². The van der Waals surface area contributed by atoms with E-state index in [1.165, 1.54) is 7.11 Å². The van der Waals surface area contributed by atoms with E-state index in [1.807, 2.05) is 19.9 Å². The Morgan fingerprint density at radius 3 is 2.75 bits per heavy atom. The maximum atomic E-state index is 8.80. The first kappa shape index (κ1) is 17.6. The molecule has 0 saturated heterocycles. The van der Waals surface area contributed by atoms with Crippen LogP contribution < -0.4 is 15.4 Å². The lowest BCUT2D eigenvalue weighted by Gasteiger charge is -2.14. The predicted octanol–water partition coefficient (Wildman–Crippen LogP) is 2.34. The second-order valence-electron chi connectivity index (χ2n) is 5.24. The number of hydrogen-bond acceptors (Lipinski definition) is 7. The molecule has 0 aliphatic carbocycles. The highest BCUT2D eigenvalue weighted by Crippen LogP contribution is 2.33. The molecule has 8 heteroatoms. The summed E-state index contributed by atoms with van der Waals surface area (Å²) in [5.74, 6) is 1.70. The van der Waals surface area contributed by atoms with Gasteiger partial charge in [0.25, 0.3) is 0 Å². The first-order chi connectivity index (χ1) is 11.5. The smallest absolute Gasteiger partial charge is 0.208 e. The van der Waals surface area contributed by atoms with E-state index in [4.69, 9.17) is 30.0 Å². The van der Waals surface area contributed by atoms with E-state index >= 15 is 0 Å². The molecule has 0 saturated carbocycles. The van der Waals surface area contributed by atoms with Crippen molar-refractivity contribution < 1.29 is 24.2 Å². The summed E-state index contributed by atoms with van der Waals surface area (Å²) in [5.41, 5.74) is 7.76. The maximum absolute atomic E-state index is 8.80. The van der Waals surface area contributed by atoms with Gasteiger partial charge < -0.3 is 25.1 Å². The summed E-state index contributed by atoms with van der Waals surface area (Å²) in [6, 6.07) is 5.23. The molecule has 0 spiro atoms. The van der Waals surface area contributed by atoms with Crippen LogP contribution in [0.25, 0.3) is 0 Å². The molecule has 2 rings (SSSR count). The Morgan fingerprint density at radius 2 is 2.12 bits per heavy atom. The second kappa shape index (κ2) is 8.21. The standard InChI is InChI=1S/C16H21N3O5/c1-10-7-12(16(17)18-20)9-14(24-21-3)15(10)22-6-4-5-13-8-11(2)19-23-13/h7-9,20H,4-6H2,1-3H3,(H2,17,18). The molecule has 1 aromatic heterocycles. The van der Waals surface area contributed by atoms with Crippen molar-refractivity contribution in [2.75, 3.05) is 13.7 Å². The molecule has 24 heavy (non-hydrogen) atoms. The number of rotatable bonds is 8. The lowest BCUT2D eigenvalue weighted by molar-refractivity contribution is -0.179. The summed E-state index contributed by atoms with van der Waals surface area (Å²) >= 11 is 0. The monoisotopic (exact) mass is 335 g/mol. The normalized spacial score (nSPS) is 11.5. The van der Waals surface area contributed by atoms with Crippen LogP contribution in [0.2, 0.25) is 0 Å². The average molecular weight is 335 g/mol. The molecule has 0 bridgehead atoms. The van der Waals surface area contributed by atoms with Gasteiger partial charge in [0.2, 0.25) is 5.75 Å². The van der Waals surface area contributed by atoms with E-state index in [0.717, 1.165) is 29.9 Å². The highest BCUT2D eigenvalue weighted by molar-refractivity contribution is 5.97. The Balaban J connectivity index is 2.05. The van der Waals surface area contributed by atoms with Gasteiger partial charge in [0, 0.05) is 18.1 Å². The first-order valence-electron chi connectivity index (χ1n) is 7.43. The molecule has 130 valence electrons. The first-order valence-corrected chi connectivity index (χ1v) is 7.43. The van der Waals surface area contributed by atoms with Crippen molar-refractivity contribution in [3.63, 3.8) is 0 Å². The van der Waals surface area contributed by atoms with Crippen molar-refractivity contribution >= 4 is 5.84 Å². The molecule has 3 N–H and O–H groups in total. The number of oxime groups is 1. The molecule has 2 aromatic rings. The Bertz CT molecular complexity index is 712. The van der Waals surface area contributed by atoms with Gasteiger partial charge in [0.1, 0.15) is 5.76 Å². The summed E-state index contributed by atoms with van der Waals surface area (Å²) in [4.78, 5) is 9.85. The summed E-state index contributed by atoms with van der Waals surface area (Å²) in [6.07, 6.45) is 1.48. The van der Waals surface area contributed by atoms with Crippen molar-refractivity contribution in [3.05, 3.63) is 40.8 Å². The molecule has 0 aliphatic rings. The highest BCUT2D eigenvalue weighted by Gasteiger charge is 2.14. The summed E-state index contributed by atoms with van der Waals surface area (Å²) in [7, 11) is 1.39. The molecule has 0 amide bonds. The molecule has 0 radical (unpaired) electrons. The number of amidine groups is 1. The van der Waals surface area contributed by atoms with Crippen molar-refractivity contribution in [2.45, 2.75) is 26.7 Å². The van der Waals surface area contributed by atoms with Gasteiger partial charge >= 0.3 is 0 Å². The third-order valence-corrected chi connectivity index (χ3v) is 3.31. The van der Waals surface area contributed by atoms with Gasteiger partial charge in [-0.1, -0.05) is 10.3 Å². The minimum absolute atomic E-state index is 0.0220.